The minimum absolute atomic E-state index is 0.0115. The molecule has 0 N–H and O–H groups in total. The summed E-state index contributed by atoms with van der Waals surface area (Å²) in [6, 6.07) is 18.8. The lowest BCUT2D eigenvalue weighted by Crippen LogP contribution is -2.42. The standard InChI is InChI=1S/C30H28F6N2O2/c31-29(32,33)23-16-22(17-24(18-23)30(34,35)36)28(39)38-11-10-26(27(19-38)20-4-2-1-3-5-20)21-6-8-25(9-7-21)37-12-14-40-15-13-37/h1-9,16-18,26-27H,10-15,19H2/t26-,27+/m0/s1. The fraction of sp³-hybridized carbons (Fsp3) is 0.367. The number of morpholine rings is 1. The van der Waals surface area contributed by atoms with Crippen LogP contribution in [0.15, 0.2) is 72.8 Å². The molecule has 5 rings (SSSR count). The number of halogens is 6. The monoisotopic (exact) mass is 562 g/mol. The van der Waals surface area contributed by atoms with Gasteiger partial charge in [0.2, 0.25) is 0 Å². The normalized spacial score (nSPS) is 20.4. The van der Waals surface area contributed by atoms with Gasteiger partial charge in [-0.25, -0.2) is 0 Å². The summed E-state index contributed by atoms with van der Waals surface area (Å²) in [6.45, 7) is 3.31. The molecule has 1 amide bonds. The van der Waals surface area contributed by atoms with Crippen LogP contribution in [0.5, 0.6) is 0 Å². The zero-order valence-electron chi connectivity index (χ0n) is 21.5. The largest absolute Gasteiger partial charge is 0.416 e. The van der Waals surface area contributed by atoms with Crippen molar-refractivity contribution in [3.05, 3.63) is 101 Å². The molecule has 0 radical (unpaired) electrons. The topological polar surface area (TPSA) is 32.8 Å². The molecule has 2 atom stereocenters. The van der Waals surface area contributed by atoms with Gasteiger partial charge in [0.25, 0.3) is 5.91 Å². The average molecular weight is 563 g/mol. The molecule has 40 heavy (non-hydrogen) atoms. The molecule has 0 spiro atoms. The Hall–Kier alpha value is -3.53. The Labute approximate surface area is 228 Å². The summed E-state index contributed by atoms with van der Waals surface area (Å²) < 4.78 is 85.9. The smallest absolute Gasteiger partial charge is 0.378 e. The third-order valence-corrected chi connectivity index (χ3v) is 7.66. The zero-order valence-corrected chi connectivity index (χ0v) is 21.5. The molecule has 10 heteroatoms. The van der Waals surface area contributed by atoms with Gasteiger partial charge in [0.15, 0.2) is 0 Å². The lowest BCUT2D eigenvalue weighted by atomic mass is 9.76. The highest BCUT2D eigenvalue weighted by Crippen LogP contribution is 2.41. The van der Waals surface area contributed by atoms with Gasteiger partial charge in [-0.3, -0.25) is 4.79 Å². The number of alkyl halides is 6. The van der Waals surface area contributed by atoms with E-state index in [-0.39, 0.29) is 31.0 Å². The molecule has 0 bridgehead atoms. The molecule has 2 heterocycles. The Morgan fingerprint density at radius 3 is 1.88 bits per heavy atom. The minimum Gasteiger partial charge on any atom is -0.378 e. The molecule has 0 unspecified atom stereocenters. The van der Waals surface area contributed by atoms with E-state index in [1.165, 1.54) is 4.90 Å². The Morgan fingerprint density at radius 1 is 0.725 bits per heavy atom. The number of carbonyl (C=O) groups is 1. The molecule has 0 aromatic heterocycles. The van der Waals surface area contributed by atoms with Crippen molar-refractivity contribution in [1.29, 1.82) is 0 Å². The third-order valence-electron chi connectivity index (χ3n) is 7.66. The molecule has 2 saturated heterocycles. The van der Waals surface area contributed by atoms with Crippen molar-refractivity contribution >= 4 is 11.6 Å². The van der Waals surface area contributed by atoms with Crippen molar-refractivity contribution < 1.29 is 35.9 Å². The van der Waals surface area contributed by atoms with E-state index in [0.29, 0.717) is 31.8 Å². The number of carbonyl (C=O) groups excluding carboxylic acids is 1. The maximum absolute atomic E-state index is 13.4. The fourth-order valence-electron chi connectivity index (χ4n) is 5.59. The first-order valence-corrected chi connectivity index (χ1v) is 13.1. The summed E-state index contributed by atoms with van der Waals surface area (Å²) in [6.07, 6.45) is -9.54. The van der Waals surface area contributed by atoms with Gasteiger partial charge in [-0.1, -0.05) is 42.5 Å². The minimum atomic E-state index is -5.02. The summed E-state index contributed by atoms with van der Waals surface area (Å²) in [5.74, 6) is -1.03. The number of piperidine rings is 1. The first-order valence-electron chi connectivity index (χ1n) is 13.1. The Kier molecular flexibility index (Phi) is 7.81. The van der Waals surface area contributed by atoms with Crippen molar-refractivity contribution in [2.75, 3.05) is 44.3 Å². The van der Waals surface area contributed by atoms with E-state index in [0.717, 1.165) is 29.9 Å². The fourth-order valence-corrected chi connectivity index (χ4v) is 5.59. The maximum Gasteiger partial charge on any atom is 0.416 e. The van der Waals surface area contributed by atoms with Crippen molar-refractivity contribution in [3.63, 3.8) is 0 Å². The second kappa shape index (κ2) is 11.2. The van der Waals surface area contributed by atoms with E-state index in [1.807, 2.05) is 30.3 Å². The number of ether oxygens (including phenoxy) is 1. The Bertz CT molecular complexity index is 1290. The van der Waals surface area contributed by atoms with Gasteiger partial charge >= 0.3 is 12.4 Å². The van der Waals surface area contributed by atoms with Gasteiger partial charge in [0.1, 0.15) is 0 Å². The Morgan fingerprint density at radius 2 is 1.30 bits per heavy atom. The third kappa shape index (κ3) is 6.11. The van der Waals surface area contributed by atoms with E-state index >= 15 is 0 Å². The van der Waals surface area contributed by atoms with Crippen molar-refractivity contribution in [3.8, 4) is 0 Å². The number of anilines is 1. The van der Waals surface area contributed by atoms with E-state index in [9.17, 15) is 31.1 Å². The summed E-state index contributed by atoms with van der Waals surface area (Å²) >= 11 is 0. The van der Waals surface area contributed by atoms with Gasteiger partial charge in [0.05, 0.1) is 24.3 Å². The van der Waals surface area contributed by atoms with Crippen LogP contribution in [0.2, 0.25) is 0 Å². The molecule has 212 valence electrons. The molecule has 3 aromatic rings. The van der Waals surface area contributed by atoms with Crippen LogP contribution in [0, 0.1) is 0 Å². The highest BCUT2D eigenvalue weighted by atomic mass is 19.4. The zero-order chi connectivity index (χ0) is 28.5. The Balaban J connectivity index is 1.43. The number of amides is 1. The molecular formula is C30H28F6N2O2. The number of benzene rings is 3. The molecule has 4 nitrogen and oxygen atoms in total. The number of hydrogen-bond donors (Lipinski definition) is 0. The van der Waals surface area contributed by atoms with E-state index in [4.69, 9.17) is 4.74 Å². The van der Waals surface area contributed by atoms with E-state index in [1.54, 1.807) is 0 Å². The van der Waals surface area contributed by atoms with Crippen LogP contribution >= 0.6 is 0 Å². The predicted molar refractivity (Wildman–Crippen MR) is 138 cm³/mol. The van der Waals surface area contributed by atoms with E-state index < -0.39 is 35.0 Å². The molecule has 3 aromatic carbocycles. The number of rotatable bonds is 4. The molecule has 2 fully saturated rings. The van der Waals surface area contributed by atoms with Crippen molar-refractivity contribution in [1.82, 2.24) is 4.90 Å². The SMILES string of the molecule is O=C(c1cc(C(F)(F)F)cc(C(F)(F)F)c1)N1CC[C@@H](c2ccc(N3CCOCC3)cc2)[C@@H](c2ccccc2)C1. The highest BCUT2D eigenvalue weighted by Gasteiger charge is 2.39. The maximum atomic E-state index is 13.4. The molecule has 2 aliphatic rings. The molecular weight excluding hydrogens is 534 g/mol. The van der Waals surface area contributed by atoms with Gasteiger partial charge < -0.3 is 14.5 Å². The van der Waals surface area contributed by atoms with Gasteiger partial charge in [-0.05, 0) is 53.8 Å². The van der Waals surface area contributed by atoms with E-state index in [2.05, 4.69) is 29.2 Å². The molecule has 0 aliphatic carbocycles. The van der Waals surface area contributed by atoms with Crippen LogP contribution in [0.25, 0.3) is 0 Å². The molecule has 2 aliphatic heterocycles. The van der Waals surface area contributed by atoms with Crippen LogP contribution in [0.4, 0.5) is 32.0 Å². The summed E-state index contributed by atoms with van der Waals surface area (Å²) in [7, 11) is 0. The lowest BCUT2D eigenvalue weighted by molar-refractivity contribution is -0.143. The number of nitrogens with zero attached hydrogens (tertiary/aromatic N) is 2. The van der Waals surface area contributed by atoms with Crippen LogP contribution in [0.3, 0.4) is 0 Å². The van der Waals surface area contributed by atoms with Crippen LogP contribution in [-0.2, 0) is 17.1 Å². The summed E-state index contributed by atoms with van der Waals surface area (Å²) in [4.78, 5) is 17.0. The van der Waals surface area contributed by atoms with Crippen LogP contribution in [0.1, 0.15) is 50.9 Å². The second-order valence-electron chi connectivity index (χ2n) is 10.1. The van der Waals surface area contributed by atoms with Gasteiger partial charge in [-0.2, -0.15) is 26.3 Å². The highest BCUT2D eigenvalue weighted by molar-refractivity contribution is 5.95. The lowest BCUT2D eigenvalue weighted by Gasteiger charge is -2.39. The van der Waals surface area contributed by atoms with Crippen LogP contribution in [-0.4, -0.2) is 50.2 Å². The molecule has 0 saturated carbocycles. The first-order chi connectivity index (χ1) is 19.0. The average Bonchev–Trinajstić information content (AvgIpc) is 2.96. The van der Waals surface area contributed by atoms with Crippen molar-refractivity contribution in [2.45, 2.75) is 30.6 Å². The van der Waals surface area contributed by atoms with Gasteiger partial charge in [0, 0.05) is 43.3 Å². The van der Waals surface area contributed by atoms with Gasteiger partial charge in [-0.15, -0.1) is 0 Å². The second-order valence-corrected chi connectivity index (χ2v) is 10.1. The number of hydrogen-bond acceptors (Lipinski definition) is 3. The van der Waals surface area contributed by atoms with Crippen molar-refractivity contribution in [2.24, 2.45) is 0 Å². The quantitative estimate of drug-likeness (QED) is 0.322. The predicted octanol–water partition coefficient (Wildman–Crippen LogP) is 6.97. The van der Waals surface area contributed by atoms with Crippen LogP contribution < -0.4 is 4.90 Å². The summed E-state index contributed by atoms with van der Waals surface area (Å²) in [5, 5.41) is 0. The summed E-state index contributed by atoms with van der Waals surface area (Å²) in [5.41, 5.74) is -0.525. The number of likely N-dealkylation sites (tertiary alicyclic amines) is 1. The first kappa shape index (κ1) is 28.0.